The second-order valence-electron chi connectivity index (χ2n) is 8.41. The first-order valence-corrected chi connectivity index (χ1v) is 11.3. The molecule has 1 fully saturated rings. The second-order valence-corrected chi connectivity index (χ2v) is 9.23. The van der Waals surface area contributed by atoms with E-state index in [4.69, 9.17) is 28.6 Å². The molecule has 1 saturated heterocycles. The predicted molar refractivity (Wildman–Crippen MR) is 131 cm³/mol. The summed E-state index contributed by atoms with van der Waals surface area (Å²) >= 11 is 11.7. The Kier molecular flexibility index (Phi) is 5.26. The van der Waals surface area contributed by atoms with Gasteiger partial charge in [-0.1, -0.05) is 29.3 Å². The van der Waals surface area contributed by atoms with Crippen molar-refractivity contribution in [2.75, 3.05) is 10.2 Å². The van der Waals surface area contributed by atoms with E-state index in [2.05, 4.69) is 10.6 Å². The number of carbonyl (C=O) groups is 1. The van der Waals surface area contributed by atoms with Crippen molar-refractivity contribution in [2.24, 2.45) is 5.92 Å². The Bertz CT molecular complexity index is 1250. The molecule has 2 N–H and O–H groups in total. The Balaban J connectivity index is 1.62. The van der Waals surface area contributed by atoms with Crippen LogP contribution in [-0.4, -0.2) is 16.7 Å². The molecule has 3 aromatic rings. The fourth-order valence-electron chi connectivity index (χ4n) is 4.64. The van der Waals surface area contributed by atoms with Crippen LogP contribution in [0.5, 0.6) is 5.75 Å². The summed E-state index contributed by atoms with van der Waals surface area (Å²) in [6, 6.07) is 18.4. The Morgan fingerprint density at radius 1 is 1.15 bits per heavy atom. The van der Waals surface area contributed by atoms with Gasteiger partial charge in [-0.3, -0.25) is 9.69 Å². The van der Waals surface area contributed by atoms with Crippen LogP contribution in [0.25, 0.3) is 0 Å². The molecule has 0 radical (unpaired) electrons. The number of anilines is 2. The zero-order valence-corrected chi connectivity index (χ0v) is 19.5. The summed E-state index contributed by atoms with van der Waals surface area (Å²) in [6.45, 7) is 3.83. The zero-order valence-electron chi connectivity index (χ0n) is 17.9. The molecule has 2 aliphatic heterocycles. The van der Waals surface area contributed by atoms with Gasteiger partial charge in [0.15, 0.2) is 10.8 Å². The Morgan fingerprint density at radius 3 is 2.55 bits per heavy atom. The molecule has 0 saturated carbocycles. The number of nitrogens with one attached hydrogen (secondary N) is 2. The van der Waals surface area contributed by atoms with Crippen LogP contribution in [0.15, 0.2) is 66.7 Å². The van der Waals surface area contributed by atoms with Crippen LogP contribution in [0.4, 0.5) is 15.8 Å². The average Bonchev–Trinajstić information content (AvgIpc) is 2.77. The van der Waals surface area contributed by atoms with Crippen LogP contribution in [0, 0.1) is 18.7 Å². The molecule has 2 heterocycles. The van der Waals surface area contributed by atoms with E-state index in [1.165, 1.54) is 12.1 Å². The normalized spacial score (nSPS) is 23.3. The minimum absolute atomic E-state index is 0.237. The first-order valence-electron chi connectivity index (χ1n) is 10.5. The lowest BCUT2D eigenvalue weighted by molar-refractivity contribution is -0.130. The van der Waals surface area contributed by atoms with Crippen molar-refractivity contribution in [3.05, 3.63) is 88.7 Å². The number of hydrogen-bond acceptors (Lipinski definition) is 3. The largest absolute Gasteiger partial charge is 0.467 e. The number of benzene rings is 3. The number of nitrogens with zero attached hydrogens (tertiary/aromatic N) is 1. The Hall–Kier alpha value is -3.16. The number of ether oxygens (including phenoxy) is 1. The van der Waals surface area contributed by atoms with Crippen LogP contribution < -0.4 is 20.3 Å². The molecule has 5 nitrogen and oxygen atoms in total. The number of amides is 1. The monoisotopic (exact) mass is 481 g/mol. The highest BCUT2D eigenvalue weighted by Crippen LogP contribution is 2.50. The van der Waals surface area contributed by atoms with Crippen molar-refractivity contribution in [3.8, 4) is 5.75 Å². The van der Waals surface area contributed by atoms with Gasteiger partial charge in [0, 0.05) is 22.0 Å². The minimum atomic E-state index is -1.16. The molecule has 0 aromatic heterocycles. The summed E-state index contributed by atoms with van der Waals surface area (Å²) in [4.78, 5) is 15.5. The van der Waals surface area contributed by atoms with Gasteiger partial charge in [-0.05, 0) is 80.7 Å². The van der Waals surface area contributed by atoms with Gasteiger partial charge in [0.1, 0.15) is 17.5 Å². The molecule has 3 atom stereocenters. The fourth-order valence-corrected chi connectivity index (χ4v) is 5.18. The van der Waals surface area contributed by atoms with Crippen molar-refractivity contribution >= 4 is 46.2 Å². The van der Waals surface area contributed by atoms with Crippen molar-refractivity contribution in [2.45, 2.75) is 25.6 Å². The number of thiocarbonyl (C=S) groups is 1. The van der Waals surface area contributed by atoms with Crippen molar-refractivity contribution in [3.63, 3.8) is 0 Å². The van der Waals surface area contributed by atoms with Gasteiger partial charge < -0.3 is 15.4 Å². The van der Waals surface area contributed by atoms with Gasteiger partial charge in [-0.15, -0.1) is 0 Å². The maximum absolute atomic E-state index is 13.7. The van der Waals surface area contributed by atoms with Crippen LogP contribution >= 0.6 is 23.8 Å². The summed E-state index contributed by atoms with van der Waals surface area (Å²) < 4.78 is 20.2. The SMILES string of the molecule is Cc1ccc2c(c1)[C@@H]1NC(=S)N(c3ccc(F)cc3)[C@](C)(O2)[C@H]1C(=O)Nc1ccc(Cl)cc1. The molecule has 2 bridgehead atoms. The standard InChI is InChI=1S/C25H21ClFN3O2S/c1-14-3-12-20-19(13-14)22-21(23(31)28-17-8-4-15(26)5-9-17)25(2,32-20)30(24(33)29-22)18-10-6-16(27)7-11-18/h3-13,21-22H,1-2H3,(H,28,31)(H,29,33)/t21-,22+,25-/m1/s1. The van der Waals surface area contributed by atoms with Crippen molar-refractivity contribution < 1.29 is 13.9 Å². The summed E-state index contributed by atoms with van der Waals surface area (Å²) in [7, 11) is 0. The lowest BCUT2D eigenvalue weighted by Crippen LogP contribution is -2.72. The number of rotatable bonds is 3. The third kappa shape index (κ3) is 3.71. The quantitative estimate of drug-likeness (QED) is 0.478. The molecule has 2 aliphatic rings. The maximum atomic E-state index is 13.7. The second kappa shape index (κ2) is 8.01. The number of hydrogen-bond donors (Lipinski definition) is 2. The first kappa shape index (κ1) is 21.7. The van der Waals surface area contributed by atoms with Gasteiger partial charge in [-0.25, -0.2) is 4.39 Å². The average molecular weight is 482 g/mol. The van der Waals surface area contributed by atoms with Crippen LogP contribution in [0.2, 0.25) is 5.02 Å². The van der Waals surface area contributed by atoms with Gasteiger partial charge in [0.05, 0.1) is 6.04 Å². The number of carbonyl (C=O) groups excluding carboxylic acids is 1. The highest BCUT2D eigenvalue weighted by molar-refractivity contribution is 7.80. The van der Waals surface area contributed by atoms with Crippen molar-refractivity contribution in [1.82, 2.24) is 5.32 Å². The van der Waals surface area contributed by atoms with E-state index < -0.39 is 17.7 Å². The Labute approximate surface area is 201 Å². The Morgan fingerprint density at radius 2 is 1.85 bits per heavy atom. The van der Waals surface area contributed by atoms with E-state index in [0.29, 0.717) is 27.3 Å². The molecule has 5 rings (SSSR count). The highest BCUT2D eigenvalue weighted by Gasteiger charge is 2.59. The van der Waals surface area contributed by atoms with E-state index in [0.717, 1.165) is 11.1 Å². The number of aryl methyl sites for hydroxylation is 1. The van der Waals surface area contributed by atoms with Crippen LogP contribution in [0.1, 0.15) is 24.1 Å². The lowest BCUT2D eigenvalue weighted by atomic mass is 9.78. The summed E-state index contributed by atoms with van der Waals surface area (Å²) in [5.41, 5.74) is 1.99. The van der Waals surface area contributed by atoms with E-state index in [1.807, 2.05) is 32.0 Å². The molecule has 33 heavy (non-hydrogen) atoms. The molecule has 0 unspecified atom stereocenters. The minimum Gasteiger partial charge on any atom is -0.467 e. The number of halogens is 2. The van der Waals surface area contributed by atoms with Gasteiger partial charge in [0.2, 0.25) is 5.91 Å². The van der Waals surface area contributed by atoms with Crippen LogP contribution in [-0.2, 0) is 4.79 Å². The molecular weight excluding hydrogens is 461 g/mol. The third-order valence-corrected chi connectivity index (χ3v) is 6.68. The van der Waals surface area contributed by atoms with Gasteiger partial charge in [0.25, 0.3) is 0 Å². The lowest BCUT2D eigenvalue weighted by Gasteiger charge is -2.56. The van der Waals surface area contributed by atoms with E-state index >= 15 is 0 Å². The van der Waals surface area contributed by atoms with E-state index in [9.17, 15) is 9.18 Å². The first-order chi connectivity index (χ1) is 15.8. The third-order valence-electron chi connectivity index (χ3n) is 6.13. The molecule has 1 amide bonds. The number of fused-ring (bicyclic) bond motifs is 4. The van der Waals surface area contributed by atoms with E-state index in [1.54, 1.807) is 41.3 Å². The smallest absolute Gasteiger partial charge is 0.236 e. The van der Waals surface area contributed by atoms with Gasteiger partial charge in [-0.2, -0.15) is 0 Å². The highest BCUT2D eigenvalue weighted by atomic mass is 35.5. The molecule has 3 aromatic carbocycles. The molecule has 0 aliphatic carbocycles. The predicted octanol–water partition coefficient (Wildman–Crippen LogP) is 5.59. The molecule has 168 valence electrons. The van der Waals surface area contributed by atoms with Crippen LogP contribution in [0.3, 0.4) is 0 Å². The van der Waals surface area contributed by atoms with Crippen molar-refractivity contribution in [1.29, 1.82) is 0 Å². The summed E-state index contributed by atoms with van der Waals surface area (Å²) in [5.74, 6) is -0.607. The fraction of sp³-hybridized carbons (Fsp3) is 0.200. The molecule has 8 heteroatoms. The zero-order chi connectivity index (χ0) is 23.3. The topological polar surface area (TPSA) is 53.6 Å². The summed E-state index contributed by atoms with van der Waals surface area (Å²) in [6.07, 6.45) is 0. The molecule has 0 spiro atoms. The van der Waals surface area contributed by atoms with E-state index in [-0.39, 0.29) is 11.7 Å². The maximum Gasteiger partial charge on any atom is 0.236 e. The molecular formula is C25H21ClFN3O2S. The van der Waals surface area contributed by atoms with Gasteiger partial charge >= 0.3 is 0 Å². The summed E-state index contributed by atoms with van der Waals surface area (Å²) in [5, 5.41) is 7.31.